The van der Waals surface area contributed by atoms with Gasteiger partial charge in [-0.15, -0.1) is 0 Å². The molecule has 2 heterocycles. The maximum Gasteiger partial charge on any atom is 0.326 e. The number of hydrogen-bond acceptors (Lipinski definition) is 5. The number of likely N-dealkylation sites (tertiary alicyclic amines) is 1. The smallest absolute Gasteiger partial charge is 0.326 e. The number of halogens is 1. The van der Waals surface area contributed by atoms with E-state index in [0.29, 0.717) is 11.4 Å². The number of aromatic nitrogens is 1. The second-order valence-electron chi connectivity index (χ2n) is 11.3. The maximum absolute atomic E-state index is 14.1. The van der Waals surface area contributed by atoms with Gasteiger partial charge in [0.05, 0.1) is 19.3 Å². The number of carbonyl (C=O) groups is 2. The molecular weight excluding hydrogens is 473 g/mol. The van der Waals surface area contributed by atoms with Crippen LogP contribution in [0.4, 0.5) is 4.39 Å². The van der Waals surface area contributed by atoms with E-state index in [0.717, 1.165) is 43.9 Å². The molecule has 200 valence electrons. The highest BCUT2D eigenvalue weighted by molar-refractivity contribution is 5.87. The van der Waals surface area contributed by atoms with Crippen LogP contribution in [0, 0.1) is 23.1 Å². The Kier molecular flexibility index (Phi) is 8.17. The van der Waals surface area contributed by atoms with E-state index in [1.807, 2.05) is 51.1 Å². The zero-order valence-electron chi connectivity index (χ0n) is 22.1. The van der Waals surface area contributed by atoms with Gasteiger partial charge in [-0.2, -0.15) is 0 Å². The molecular formula is C29H38FN3O4. The van der Waals surface area contributed by atoms with Gasteiger partial charge in [-0.25, -0.2) is 14.2 Å². The first-order chi connectivity index (χ1) is 17.6. The van der Waals surface area contributed by atoms with E-state index in [1.165, 1.54) is 13.2 Å². The van der Waals surface area contributed by atoms with Gasteiger partial charge in [0.25, 0.3) is 0 Å². The predicted octanol–water partition coefficient (Wildman–Crippen LogP) is 4.97. The molecule has 1 amide bonds. The standard InChI is InChI=1S/C29H38FN3O4/c1-29(2,3)22-23(31-16-20-15-21(30)17-32-26(20)37-4)24(18-11-7-5-8-12-18)33(25(22)28(35)36)27(34)19-13-9-6-10-14-19/h5,7-8,11-12,15,17,19,22-25,31H,6,9-10,13-14,16H2,1-4H3,(H,35,36)/t22-,23-,24-,25-/m1/s1. The Labute approximate surface area is 218 Å². The summed E-state index contributed by atoms with van der Waals surface area (Å²) in [5, 5.41) is 14.1. The zero-order chi connectivity index (χ0) is 26.7. The molecule has 0 radical (unpaired) electrons. The summed E-state index contributed by atoms with van der Waals surface area (Å²) in [7, 11) is 1.48. The van der Waals surface area contributed by atoms with E-state index >= 15 is 0 Å². The van der Waals surface area contributed by atoms with Crippen LogP contribution >= 0.6 is 0 Å². The molecule has 4 rings (SSSR count). The van der Waals surface area contributed by atoms with Crippen molar-refractivity contribution < 1.29 is 23.8 Å². The molecule has 1 saturated carbocycles. The number of rotatable bonds is 7. The van der Waals surface area contributed by atoms with Crippen LogP contribution in [0.2, 0.25) is 0 Å². The quantitative estimate of drug-likeness (QED) is 0.546. The van der Waals surface area contributed by atoms with Gasteiger partial charge in [0.2, 0.25) is 11.8 Å². The lowest BCUT2D eigenvalue weighted by atomic mass is 9.72. The molecule has 1 aromatic heterocycles. The van der Waals surface area contributed by atoms with E-state index in [4.69, 9.17) is 4.74 Å². The largest absolute Gasteiger partial charge is 0.481 e. The molecule has 1 saturated heterocycles. The van der Waals surface area contributed by atoms with Gasteiger partial charge in [0.1, 0.15) is 11.9 Å². The van der Waals surface area contributed by atoms with E-state index in [-0.39, 0.29) is 18.4 Å². The summed E-state index contributed by atoms with van der Waals surface area (Å²) < 4.78 is 19.4. The van der Waals surface area contributed by atoms with Crippen LogP contribution in [0.1, 0.15) is 70.0 Å². The van der Waals surface area contributed by atoms with Crippen molar-refractivity contribution in [2.75, 3.05) is 7.11 Å². The summed E-state index contributed by atoms with van der Waals surface area (Å²) in [4.78, 5) is 32.7. The number of ether oxygens (including phenoxy) is 1. The van der Waals surface area contributed by atoms with Gasteiger partial charge >= 0.3 is 5.97 Å². The van der Waals surface area contributed by atoms with Crippen molar-refractivity contribution in [2.45, 2.75) is 77.5 Å². The van der Waals surface area contributed by atoms with Crippen LogP contribution < -0.4 is 10.1 Å². The Hall–Kier alpha value is -3.00. The topological polar surface area (TPSA) is 91.8 Å². The number of carboxylic acid groups (broad SMARTS) is 1. The van der Waals surface area contributed by atoms with E-state index in [1.54, 1.807) is 4.90 Å². The Morgan fingerprint density at radius 3 is 2.43 bits per heavy atom. The number of carbonyl (C=O) groups excluding carboxylic acids is 1. The van der Waals surface area contributed by atoms with Gasteiger partial charge < -0.3 is 20.1 Å². The lowest BCUT2D eigenvalue weighted by Gasteiger charge is -2.36. The minimum Gasteiger partial charge on any atom is -0.481 e. The van der Waals surface area contributed by atoms with Crippen LogP contribution in [-0.2, 0) is 16.1 Å². The fourth-order valence-electron chi connectivity index (χ4n) is 6.29. The summed E-state index contributed by atoms with van der Waals surface area (Å²) in [5.41, 5.74) is 0.969. The third kappa shape index (κ3) is 5.64. The predicted molar refractivity (Wildman–Crippen MR) is 138 cm³/mol. The first kappa shape index (κ1) is 27.0. The highest BCUT2D eigenvalue weighted by atomic mass is 19.1. The maximum atomic E-state index is 14.1. The molecule has 37 heavy (non-hydrogen) atoms. The Morgan fingerprint density at radius 1 is 1.16 bits per heavy atom. The number of nitrogens with one attached hydrogen (secondary N) is 1. The summed E-state index contributed by atoms with van der Waals surface area (Å²) in [6.45, 7) is 6.27. The number of methoxy groups -OCH3 is 1. The average molecular weight is 512 g/mol. The van der Waals surface area contributed by atoms with Crippen LogP contribution in [0.3, 0.4) is 0 Å². The normalized spacial score (nSPS) is 24.7. The fraction of sp³-hybridized carbons (Fsp3) is 0.552. The number of nitrogens with zero attached hydrogens (tertiary/aromatic N) is 2. The number of hydrogen-bond donors (Lipinski definition) is 2. The monoisotopic (exact) mass is 511 g/mol. The summed E-state index contributed by atoms with van der Waals surface area (Å²) in [6, 6.07) is 9.13. The number of carboxylic acids is 1. The van der Waals surface area contributed by atoms with Crippen molar-refractivity contribution in [3.8, 4) is 5.88 Å². The molecule has 4 atom stereocenters. The molecule has 1 aliphatic carbocycles. The van der Waals surface area contributed by atoms with Crippen molar-refractivity contribution in [3.63, 3.8) is 0 Å². The SMILES string of the molecule is COc1ncc(F)cc1CN[C@@H]1[C@@H](C(C)(C)C)[C@H](C(=O)O)N(C(=O)C2CCCCC2)[C@@H]1c1ccccc1. The third-order valence-corrected chi connectivity index (χ3v) is 7.88. The molecule has 0 bridgehead atoms. The fourth-order valence-corrected chi connectivity index (χ4v) is 6.29. The summed E-state index contributed by atoms with van der Waals surface area (Å²) in [5.74, 6) is -1.83. The molecule has 0 unspecified atom stereocenters. The van der Waals surface area contributed by atoms with E-state index < -0.39 is 41.2 Å². The van der Waals surface area contributed by atoms with Gasteiger partial charge in [0.15, 0.2) is 0 Å². The van der Waals surface area contributed by atoms with Crippen LogP contribution in [0.25, 0.3) is 0 Å². The minimum absolute atomic E-state index is 0.0792. The second-order valence-corrected chi connectivity index (χ2v) is 11.3. The van der Waals surface area contributed by atoms with Gasteiger partial charge in [0, 0.05) is 30.0 Å². The van der Waals surface area contributed by atoms with Crippen molar-refractivity contribution in [3.05, 3.63) is 59.5 Å². The molecule has 2 aromatic rings. The van der Waals surface area contributed by atoms with Gasteiger partial charge in [-0.1, -0.05) is 70.4 Å². The average Bonchev–Trinajstić information content (AvgIpc) is 3.24. The summed E-state index contributed by atoms with van der Waals surface area (Å²) >= 11 is 0. The Bertz CT molecular complexity index is 1100. The second kappa shape index (κ2) is 11.2. The first-order valence-electron chi connectivity index (χ1n) is 13.1. The minimum atomic E-state index is -1.00. The third-order valence-electron chi connectivity index (χ3n) is 7.88. The van der Waals surface area contributed by atoms with E-state index in [9.17, 15) is 19.1 Å². The molecule has 1 aliphatic heterocycles. The summed E-state index contributed by atoms with van der Waals surface area (Å²) in [6.07, 6.45) is 5.74. The number of pyridine rings is 1. The highest BCUT2D eigenvalue weighted by Crippen LogP contribution is 2.49. The van der Waals surface area contributed by atoms with Crippen molar-refractivity contribution in [1.29, 1.82) is 0 Å². The first-order valence-corrected chi connectivity index (χ1v) is 13.1. The number of aliphatic carboxylic acids is 1. The van der Waals surface area contributed by atoms with Crippen molar-refractivity contribution in [1.82, 2.24) is 15.2 Å². The zero-order valence-corrected chi connectivity index (χ0v) is 22.1. The Balaban J connectivity index is 1.80. The molecule has 7 nitrogen and oxygen atoms in total. The molecule has 2 N–H and O–H groups in total. The van der Waals surface area contributed by atoms with Crippen LogP contribution in [0.15, 0.2) is 42.6 Å². The number of amides is 1. The highest BCUT2D eigenvalue weighted by Gasteiger charge is 2.58. The molecule has 2 fully saturated rings. The van der Waals surface area contributed by atoms with Crippen LogP contribution in [-0.4, -0.2) is 46.1 Å². The van der Waals surface area contributed by atoms with Gasteiger partial charge in [-0.3, -0.25) is 4.79 Å². The lowest BCUT2D eigenvalue weighted by molar-refractivity contribution is -0.154. The van der Waals surface area contributed by atoms with Crippen LogP contribution in [0.5, 0.6) is 5.88 Å². The van der Waals surface area contributed by atoms with Gasteiger partial charge in [-0.05, 0) is 29.9 Å². The number of benzene rings is 1. The van der Waals surface area contributed by atoms with Crippen molar-refractivity contribution in [2.24, 2.45) is 17.3 Å². The Morgan fingerprint density at radius 2 is 1.84 bits per heavy atom. The molecule has 2 aliphatic rings. The van der Waals surface area contributed by atoms with Crippen molar-refractivity contribution >= 4 is 11.9 Å². The molecule has 1 aromatic carbocycles. The lowest BCUT2D eigenvalue weighted by Crippen LogP contribution is -2.49. The molecule has 8 heteroatoms. The molecule has 0 spiro atoms. The van der Waals surface area contributed by atoms with E-state index in [2.05, 4.69) is 10.3 Å².